The highest BCUT2D eigenvalue weighted by atomic mass is 16.5. The number of methoxy groups -OCH3 is 1. The number of carbonyl (C=O) groups excluding carboxylic acids is 1. The van der Waals surface area contributed by atoms with Crippen molar-refractivity contribution in [2.45, 2.75) is 26.8 Å². The van der Waals surface area contributed by atoms with Gasteiger partial charge in [-0.1, -0.05) is 12.1 Å². The van der Waals surface area contributed by atoms with Crippen molar-refractivity contribution in [3.8, 4) is 16.9 Å². The zero-order chi connectivity index (χ0) is 19.4. The normalized spacial score (nSPS) is 11.9. The molecule has 1 atom stereocenters. The van der Waals surface area contributed by atoms with E-state index in [4.69, 9.17) is 4.74 Å². The molecule has 6 nitrogen and oxygen atoms in total. The minimum Gasteiger partial charge on any atom is -0.495 e. The number of aromatic nitrogens is 3. The number of hydrogen-bond donors (Lipinski definition) is 1. The van der Waals surface area contributed by atoms with Gasteiger partial charge in [0.1, 0.15) is 5.75 Å². The second-order valence-corrected chi connectivity index (χ2v) is 6.62. The van der Waals surface area contributed by atoms with E-state index in [1.165, 1.54) is 0 Å². The molecule has 0 spiro atoms. The fourth-order valence-electron chi connectivity index (χ4n) is 3.02. The van der Waals surface area contributed by atoms with Crippen molar-refractivity contribution < 1.29 is 9.53 Å². The highest BCUT2D eigenvalue weighted by Gasteiger charge is 2.12. The molecule has 0 saturated carbocycles. The van der Waals surface area contributed by atoms with Crippen LogP contribution in [-0.2, 0) is 0 Å². The van der Waals surface area contributed by atoms with Crippen molar-refractivity contribution in [2.24, 2.45) is 0 Å². The molecule has 2 aromatic heterocycles. The van der Waals surface area contributed by atoms with Gasteiger partial charge < -0.3 is 10.1 Å². The van der Waals surface area contributed by atoms with E-state index in [2.05, 4.69) is 15.4 Å². The summed E-state index contributed by atoms with van der Waals surface area (Å²) in [7, 11) is 1.61. The maximum Gasteiger partial charge on any atom is 0.251 e. The lowest BCUT2D eigenvalue weighted by Crippen LogP contribution is -2.30. The quantitative estimate of drug-likeness (QED) is 0.726. The standard InChI is InChI=1S/C21H24N4O2/c1-14-9-15(2)25(24-14)16(3)11-23-21(26)18-7-5-17(6-8-18)19-10-20(27-4)13-22-12-19/h5-10,12-13,16H,11H2,1-4H3,(H,23,26). The van der Waals surface area contributed by atoms with Crippen LogP contribution >= 0.6 is 0 Å². The van der Waals surface area contributed by atoms with Gasteiger partial charge in [0.2, 0.25) is 0 Å². The minimum atomic E-state index is -0.0984. The predicted molar refractivity (Wildman–Crippen MR) is 105 cm³/mol. The summed E-state index contributed by atoms with van der Waals surface area (Å²) in [6.45, 7) is 6.54. The molecule has 1 amide bonds. The third-order valence-electron chi connectivity index (χ3n) is 4.45. The fourth-order valence-corrected chi connectivity index (χ4v) is 3.02. The number of ether oxygens (including phenoxy) is 1. The van der Waals surface area contributed by atoms with Gasteiger partial charge >= 0.3 is 0 Å². The van der Waals surface area contributed by atoms with Gasteiger partial charge in [-0.15, -0.1) is 0 Å². The summed E-state index contributed by atoms with van der Waals surface area (Å²) in [5.41, 5.74) is 4.61. The lowest BCUT2D eigenvalue weighted by molar-refractivity contribution is 0.0947. The van der Waals surface area contributed by atoms with E-state index in [1.807, 2.05) is 61.9 Å². The number of aryl methyl sites for hydroxylation is 2. The molecule has 6 heteroatoms. The Kier molecular flexibility index (Phi) is 5.54. The Morgan fingerprint density at radius 3 is 2.52 bits per heavy atom. The Morgan fingerprint density at radius 1 is 1.15 bits per heavy atom. The summed E-state index contributed by atoms with van der Waals surface area (Å²) < 4.78 is 7.14. The predicted octanol–water partition coefficient (Wildman–Crippen LogP) is 3.56. The van der Waals surface area contributed by atoms with Crippen LogP contribution in [0.25, 0.3) is 11.1 Å². The number of nitrogens with one attached hydrogen (secondary N) is 1. The van der Waals surface area contributed by atoms with Crippen LogP contribution in [0.1, 0.15) is 34.7 Å². The van der Waals surface area contributed by atoms with Crippen molar-refractivity contribution >= 4 is 5.91 Å². The first-order valence-electron chi connectivity index (χ1n) is 8.88. The van der Waals surface area contributed by atoms with Crippen LogP contribution in [0.15, 0.2) is 48.8 Å². The minimum absolute atomic E-state index is 0.0878. The number of nitrogens with zero attached hydrogens (tertiary/aromatic N) is 3. The molecule has 0 bridgehead atoms. The van der Waals surface area contributed by atoms with Crippen molar-refractivity contribution in [1.29, 1.82) is 0 Å². The van der Waals surface area contributed by atoms with E-state index in [1.54, 1.807) is 19.5 Å². The molecule has 1 aromatic carbocycles. The highest BCUT2D eigenvalue weighted by Crippen LogP contribution is 2.22. The highest BCUT2D eigenvalue weighted by molar-refractivity contribution is 5.94. The van der Waals surface area contributed by atoms with Crippen molar-refractivity contribution in [3.63, 3.8) is 0 Å². The zero-order valence-electron chi connectivity index (χ0n) is 16.1. The zero-order valence-corrected chi connectivity index (χ0v) is 16.1. The van der Waals surface area contributed by atoms with E-state index >= 15 is 0 Å². The number of pyridine rings is 1. The van der Waals surface area contributed by atoms with Crippen LogP contribution in [0.5, 0.6) is 5.75 Å². The van der Waals surface area contributed by atoms with Crippen LogP contribution < -0.4 is 10.1 Å². The summed E-state index contributed by atoms with van der Waals surface area (Å²) in [5, 5.41) is 7.45. The molecule has 0 radical (unpaired) electrons. The van der Waals surface area contributed by atoms with Gasteiger partial charge in [-0.05, 0) is 50.6 Å². The average molecular weight is 364 g/mol. The number of hydrogen-bond acceptors (Lipinski definition) is 4. The first-order chi connectivity index (χ1) is 13.0. The third-order valence-corrected chi connectivity index (χ3v) is 4.45. The Labute approximate surface area is 159 Å². The van der Waals surface area contributed by atoms with E-state index in [0.29, 0.717) is 17.9 Å². The molecule has 0 aliphatic rings. The molecule has 0 aliphatic heterocycles. The van der Waals surface area contributed by atoms with E-state index in [-0.39, 0.29) is 11.9 Å². The molecular weight excluding hydrogens is 340 g/mol. The van der Waals surface area contributed by atoms with Gasteiger partial charge in [0, 0.05) is 29.6 Å². The molecule has 27 heavy (non-hydrogen) atoms. The molecule has 1 unspecified atom stereocenters. The van der Waals surface area contributed by atoms with Gasteiger partial charge in [-0.25, -0.2) is 0 Å². The molecule has 0 aliphatic carbocycles. The third kappa shape index (κ3) is 4.34. The second kappa shape index (κ2) is 8.03. The van der Waals surface area contributed by atoms with Gasteiger partial charge in [0.15, 0.2) is 0 Å². The Balaban J connectivity index is 1.64. The molecule has 0 saturated heterocycles. The van der Waals surface area contributed by atoms with Gasteiger partial charge in [0.05, 0.1) is 25.0 Å². The maximum absolute atomic E-state index is 12.4. The molecule has 2 heterocycles. The molecular formula is C21H24N4O2. The van der Waals surface area contributed by atoms with Gasteiger partial charge in [-0.3, -0.25) is 14.5 Å². The molecule has 3 rings (SSSR count). The number of carbonyl (C=O) groups is 1. The topological polar surface area (TPSA) is 69.0 Å². The largest absolute Gasteiger partial charge is 0.495 e. The lowest BCUT2D eigenvalue weighted by Gasteiger charge is -2.15. The Bertz CT molecular complexity index is 932. The van der Waals surface area contributed by atoms with Gasteiger partial charge in [0.25, 0.3) is 5.91 Å². The SMILES string of the molecule is COc1cncc(-c2ccc(C(=O)NCC(C)n3nc(C)cc3C)cc2)c1. The van der Waals surface area contributed by atoms with Crippen molar-refractivity contribution in [3.05, 3.63) is 65.7 Å². The molecule has 140 valence electrons. The number of rotatable bonds is 6. The smallest absolute Gasteiger partial charge is 0.251 e. The monoisotopic (exact) mass is 364 g/mol. The van der Waals surface area contributed by atoms with Gasteiger partial charge in [-0.2, -0.15) is 5.10 Å². The summed E-state index contributed by atoms with van der Waals surface area (Å²) in [6.07, 6.45) is 3.43. The van der Waals surface area contributed by atoms with Crippen molar-refractivity contribution in [1.82, 2.24) is 20.1 Å². The van der Waals surface area contributed by atoms with E-state index < -0.39 is 0 Å². The molecule has 0 fully saturated rings. The number of amides is 1. The number of benzene rings is 1. The second-order valence-electron chi connectivity index (χ2n) is 6.62. The first-order valence-corrected chi connectivity index (χ1v) is 8.88. The summed E-state index contributed by atoms with van der Waals surface area (Å²) >= 11 is 0. The van der Waals surface area contributed by atoms with Crippen LogP contribution in [0.3, 0.4) is 0 Å². The van der Waals surface area contributed by atoms with Crippen LogP contribution in [-0.4, -0.2) is 34.3 Å². The van der Waals surface area contributed by atoms with Crippen LogP contribution in [0, 0.1) is 13.8 Å². The Hall–Kier alpha value is -3.15. The van der Waals surface area contributed by atoms with E-state index in [9.17, 15) is 4.79 Å². The molecule has 3 aromatic rings. The Morgan fingerprint density at radius 2 is 1.89 bits per heavy atom. The van der Waals surface area contributed by atoms with Crippen LogP contribution in [0.4, 0.5) is 0 Å². The van der Waals surface area contributed by atoms with Crippen molar-refractivity contribution in [2.75, 3.05) is 13.7 Å². The molecule has 1 N–H and O–H groups in total. The van der Waals surface area contributed by atoms with E-state index in [0.717, 1.165) is 22.5 Å². The summed E-state index contributed by atoms with van der Waals surface area (Å²) in [6, 6.07) is 11.5. The maximum atomic E-state index is 12.4. The lowest BCUT2D eigenvalue weighted by atomic mass is 10.1. The average Bonchev–Trinajstić information content (AvgIpc) is 3.04. The fraction of sp³-hybridized carbons (Fsp3) is 0.286. The first kappa shape index (κ1) is 18.6. The summed E-state index contributed by atoms with van der Waals surface area (Å²) in [5.74, 6) is 0.603. The van der Waals surface area contributed by atoms with Crippen LogP contribution in [0.2, 0.25) is 0 Å². The summed E-state index contributed by atoms with van der Waals surface area (Å²) in [4.78, 5) is 16.6.